The topological polar surface area (TPSA) is 32.3 Å². The average Bonchev–Trinajstić information content (AvgIpc) is 2.24. The molecule has 0 aromatic rings. The van der Waals surface area contributed by atoms with Gasteiger partial charge < -0.3 is 10.2 Å². The van der Waals surface area contributed by atoms with Crippen LogP contribution in [0.3, 0.4) is 0 Å². The predicted octanol–water partition coefficient (Wildman–Crippen LogP) is 2.41. The second-order valence-electron chi connectivity index (χ2n) is 4.73. The second-order valence-corrected chi connectivity index (χ2v) is 4.73. The van der Waals surface area contributed by atoms with Crippen LogP contribution in [-0.2, 0) is 4.79 Å². The van der Waals surface area contributed by atoms with E-state index in [4.69, 9.17) is 0 Å². The second kappa shape index (κ2) is 9.64. The molecule has 0 aliphatic carbocycles. The van der Waals surface area contributed by atoms with Gasteiger partial charge in [-0.15, -0.1) is 0 Å². The lowest BCUT2D eigenvalue weighted by atomic mass is 10.2. The van der Waals surface area contributed by atoms with Crippen molar-refractivity contribution in [1.29, 1.82) is 0 Å². The molecule has 0 atom stereocenters. The molecule has 3 heteroatoms. The number of carbonyl (C=O) groups is 1. The van der Waals surface area contributed by atoms with Crippen molar-refractivity contribution in [3.8, 4) is 0 Å². The molecule has 0 spiro atoms. The Labute approximate surface area is 101 Å². The van der Waals surface area contributed by atoms with Gasteiger partial charge in [-0.1, -0.05) is 33.6 Å². The van der Waals surface area contributed by atoms with Crippen LogP contribution in [0.2, 0.25) is 0 Å². The van der Waals surface area contributed by atoms with Crippen LogP contribution in [-0.4, -0.2) is 37.0 Å². The molecule has 0 aromatic carbocycles. The molecule has 0 saturated heterocycles. The molecule has 3 nitrogen and oxygen atoms in total. The third kappa shape index (κ3) is 8.72. The van der Waals surface area contributed by atoms with Crippen LogP contribution in [0.15, 0.2) is 0 Å². The summed E-state index contributed by atoms with van der Waals surface area (Å²) in [6, 6.07) is 0.511. The number of nitrogens with zero attached hydrogens (tertiary/aromatic N) is 1. The average molecular weight is 228 g/mol. The van der Waals surface area contributed by atoms with Gasteiger partial charge in [0, 0.05) is 26.1 Å². The van der Waals surface area contributed by atoms with E-state index in [2.05, 4.69) is 26.1 Å². The Balaban J connectivity index is 3.47. The highest BCUT2D eigenvalue weighted by atomic mass is 16.2. The summed E-state index contributed by atoms with van der Waals surface area (Å²) in [6.45, 7) is 8.27. The Kier molecular flexibility index (Phi) is 9.30. The zero-order chi connectivity index (χ0) is 12.4. The number of nitrogens with one attached hydrogen (secondary N) is 1. The number of amides is 1. The summed E-state index contributed by atoms with van der Waals surface area (Å²) < 4.78 is 0. The fraction of sp³-hybridized carbons (Fsp3) is 0.923. The van der Waals surface area contributed by atoms with Crippen LogP contribution in [0.25, 0.3) is 0 Å². The van der Waals surface area contributed by atoms with Gasteiger partial charge in [0.05, 0.1) is 0 Å². The first-order valence-corrected chi connectivity index (χ1v) is 6.55. The normalized spacial score (nSPS) is 10.8. The highest BCUT2D eigenvalue weighted by molar-refractivity contribution is 5.75. The monoisotopic (exact) mass is 228 g/mol. The minimum absolute atomic E-state index is 0.279. The van der Waals surface area contributed by atoms with Crippen molar-refractivity contribution < 1.29 is 4.79 Å². The molecule has 0 aliphatic heterocycles. The molecular formula is C13H28N2O. The first-order valence-electron chi connectivity index (χ1n) is 6.55. The SMILES string of the molecule is CCCCCN(C)C(=O)CCCNC(C)C. The first-order chi connectivity index (χ1) is 7.57. The Hall–Kier alpha value is -0.570. The lowest BCUT2D eigenvalue weighted by Gasteiger charge is -2.17. The maximum Gasteiger partial charge on any atom is 0.222 e. The number of carbonyl (C=O) groups excluding carboxylic acids is 1. The van der Waals surface area contributed by atoms with Crippen molar-refractivity contribution in [2.75, 3.05) is 20.1 Å². The summed E-state index contributed by atoms with van der Waals surface area (Å²) in [5.41, 5.74) is 0. The van der Waals surface area contributed by atoms with E-state index in [9.17, 15) is 4.79 Å². The maximum absolute atomic E-state index is 11.7. The summed E-state index contributed by atoms with van der Waals surface area (Å²) in [4.78, 5) is 13.5. The van der Waals surface area contributed by atoms with Crippen molar-refractivity contribution >= 4 is 5.91 Å². The number of unbranched alkanes of at least 4 members (excludes halogenated alkanes) is 2. The molecular weight excluding hydrogens is 200 g/mol. The largest absolute Gasteiger partial charge is 0.346 e. The van der Waals surface area contributed by atoms with Gasteiger partial charge in [-0.05, 0) is 19.4 Å². The molecule has 0 heterocycles. The third-order valence-electron chi connectivity index (χ3n) is 2.64. The van der Waals surface area contributed by atoms with E-state index < -0.39 is 0 Å². The molecule has 1 amide bonds. The molecule has 96 valence electrons. The fourth-order valence-electron chi connectivity index (χ4n) is 1.54. The number of hydrogen-bond donors (Lipinski definition) is 1. The van der Waals surface area contributed by atoms with Gasteiger partial charge in [-0.3, -0.25) is 4.79 Å². The lowest BCUT2D eigenvalue weighted by molar-refractivity contribution is -0.130. The van der Waals surface area contributed by atoms with E-state index in [1.165, 1.54) is 12.8 Å². The quantitative estimate of drug-likeness (QED) is 0.615. The molecule has 0 unspecified atom stereocenters. The third-order valence-corrected chi connectivity index (χ3v) is 2.64. The van der Waals surface area contributed by atoms with Gasteiger partial charge in [0.1, 0.15) is 0 Å². The number of hydrogen-bond acceptors (Lipinski definition) is 2. The first kappa shape index (κ1) is 15.4. The van der Waals surface area contributed by atoms with Crippen LogP contribution in [0, 0.1) is 0 Å². The van der Waals surface area contributed by atoms with Crippen LogP contribution < -0.4 is 5.32 Å². The van der Waals surface area contributed by atoms with E-state index in [-0.39, 0.29) is 5.91 Å². The van der Waals surface area contributed by atoms with Crippen LogP contribution >= 0.6 is 0 Å². The van der Waals surface area contributed by atoms with E-state index in [0.29, 0.717) is 12.5 Å². The van der Waals surface area contributed by atoms with Crippen molar-refractivity contribution in [2.45, 2.75) is 58.9 Å². The summed E-state index contributed by atoms with van der Waals surface area (Å²) in [5.74, 6) is 0.279. The zero-order valence-corrected chi connectivity index (χ0v) is 11.4. The van der Waals surface area contributed by atoms with Gasteiger partial charge in [0.15, 0.2) is 0 Å². The Morgan fingerprint density at radius 2 is 1.94 bits per heavy atom. The minimum atomic E-state index is 0.279. The minimum Gasteiger partial charge on any atom is -0.346 e. The highest BCUT2D eigenvalue weighted by Gasteiger charge is 2.07. The summed E-state index contributed by atoms with van der Waals surface area (Å²) in [6.07, 6.45) is 5.16. The Morgan fingerprint density at radius 1 is 1.25 bits per heavy atom. The summed E-state index contributed by atoms with van der Waals surface area (Å²) >= 11 is 0. The summed E-state index contributed by atoms with van der Waals surface area (Å²) in [7, 11) is 1.91. The Bertz CT molecular complexity index is 181. The molecule has 16 heavy (non-hydrogen) atoms. The lowest BCUT2D eigenvalue weighted by Crippen LogP contribution is -2.29. The van der Waals surface area contributed by atoms with E-state index in [0.717, 1.165) is 25.9 Å². The van der Waals surface area contributed by atoms with Gasteiger partial charge in [0.25, 0.3) is 0 Å². The van der Waals surface area contributed by atoms with E-state index in [1.807, 2.05) is 11.9 Å². The van der Waals surface area contributed by atoms with Crippen LogP contribution in [0.5, 0.6) is 0 Å². The molecule has 0 radical (unpaired) electrons. The molecule has 0 bridgehead atoms. The predicted molar refractivity (Wildman–Crippen MR) is 69.5 cm³/mol. The van der Waals surface area contributed by atoms with Gasteiger partial charge in [0.2, 0.25) is 5.91 Å². The highest BCUT2D eigenvalue weighted by Crippen LogP contribution is 2.00. The summed E-state index contributed by atoms with van der Waals surface area (Å²) in [5, 5.41) is 3.32. The van der Waals surface area contributed by atoms with E-state index in [1.54, 1.807) is 0 Å². The molecule has 0 saturated carbocycles. The van der Waals surface area contributed by atoms with Crippen molar-refractivity contribution in [3.05, 3.63) is 0 Å². The Morgan fingerprint density at radius 3 is 2.50 bits per heavy atom. The zero-order valence-electron chi connectivity index (χ0n) is 11.4. The smallest absolute Gasteiger partial charge is 0.222 e. The molecule has 0 rings (SSSR count). The van der Waals surface area contributed by atoms with Gasteiger partial charge in [-0.2, -0.15) is 0 Å². The number of rotatable bonds is 9. The standard InChI is InChI=1S/C13H28N2O/c1-5-6-7-11-15(4)13(16)9-8-10-14-12(2)3/h12,14H,5-11H2,1-4H3. The van der Waals surface area contributed by atoms with Crippen LogP contribution in [0.1, 0.15) is 52.9 Å². The fourth-order valence-corrected chi connectivity index (χ4v) is 1.54. The van der Waals surface area contributed by atoms with Gasteiger partial charge in [-0.25, -0.2) is 0 Å². The van der Waals surface area contributed by atoms with Crippen molar-refractivity contribution in [1.82, 2.24) is 10.2 Å². The van der Waals surface area contributed by atoms with Crippen molar-refractivity contribution in [3.63, 3.8) is 0 Å². The molecule has 0 aromatic heterocycles. The van der Waals surface area contributed by atoms with E-state index >= 15 is 0 Å². The van der Waals surface area contributed by atoms with Crippen LogP contribution in [0.4, 0.5) is 0 Å². The molecule has 0 fully saturated rings. The maximum atomic E-state index is 11.7. The molecule has 1 N–H and O–H groups in total. The molecule has 0 aliphatic rings. The van der Waals surface area contributed by atoms with Crippen molar-refractivity contribution in [2.24, 2.45) is 0 Å². The van der Waals surface area contributed by atoms with Gasteiger partial charge >= 0.3 is 0 Å².